The maximum absolute atomic E-state index is 12.2. The van der Waals surface area contributed by atoms with E-state index in [4.69, 9.17) is 17.3 Å². The Balaban J connectivity index is 1.90. The number of carbonyl (C=O) groups excluding carboxylic acids is 1. The lowest BCUT2D eigenvalue weighted by Crippen LogP contribution is -2.13. The molecule has 0 spiro atoms. The highest BCUT2D eigenvalue weighted by atomic mass is 35.5. The highest BCUT2D eigenvalue weighted by molar-refractivity contribution is 6.31. The number of aromatic amines is 2. The number of anilines is 2. The highest BCUT2D eigenvalue weighted by Crippen LogP contribution is 2.20. The van der Waals surface area contributed by atoms with Gasteiger partial charge in [-0.25, -0.2) is 4.79 Å². The Bertz CT molecular complexity index is 897. The van der Waals surface area contributed by atoms with E-state index >= 15 is 0 Å². The van der Waals surface area contributed by atoms with Crippen LogP contribution in [-0.2, 0) is 0 Å². The van der Waals surface area contributed by atoms with Gasteiger partial charge in [-0.15, -0.1) is 0 Å². The van der Waals surface area contributed by atoms with Crippen LogP contribution in [-0.4, -0.2) is 15.9 Å². The number of amides is 1. The molecular formula is C14H11ClN4O2. The molecule has 0 fully saturated rings. The molecule has 0 radical (unpaired) electrons. The third kappa shape index (κ3) is 2.61. The summed E-state index contributed by atoms with van der Waals surface area (Å²) in [4.78, 5) is 28.6. The first-order valence-corrected chi connectivity index (χ1v) is 6.49. The molecule has 0 atom stereocenters. The number of imidazole rings is 1. The number of nitrogen functional groups attached to an aromatic ring is 1. The molecule has 0 bridgehead atoms. The Kier molecular flexibility index (Phi) is 3.15. The second kappa shape index (κ2) is 4.99. The molecule has 7 heteroatoms. The lowest BCUT2D eigenvalue weighted by molar-refractivity contribution is 0.102. The summed E-state index contributed by atoms with van der Waals surface area (Å²) in [5, 5.41) is 3.19. The van der Waals surface area contributed by atoms with Crippen molar-refractivity contribution in [2.24, 2.45) is 0 Å². The quantitative estimate of drug-likeness (QED) is 0.546. The number of halogens is 1. The van der Waals surface area contributed by atoms with Gasteiger partial charge < -0.3 is 21.0 Å². The Morgan fingerprint density at radius 1 is 1.10 bits per heavy atom. The van der Waals surface area contributed by atoms with E-state index in [2.05, 4.69) is 15.3 Å². The molecule has 3 rings (SSSR count). The zero-order valence-corrected chi connectivity index (χ0v) is 11.5. The number of nitrogens with one attached hydrogen (secondary N) is 3. The van der Waals surface area contributed by atoms with Crippen molar-refractivity contribution < 1.29 is 4.79 Å². The van der Waals surface area contributed by atoms with Crippen LogP contribution in [0.2, 0.25) is 5.02 Å². The fourth-order valence-corrected chi connectivity index (χ4v) is 2.23. The highest BCUT2D eigenvalue weighted by Gasteiger charge is 2.11. The Morgan fingerprint density at radius 3 is 2.62 bits per heavy atom. The molecule has 0 aliphatic carbocycles. The maximum atomic E-state index is 12.2. The molecule has 0 saturated heterocycles. The minimum atomic E-state index is -0.346. The van der Waals surface area contributed by atoms with Gasteiger partial charge in [0.25, 0.3) is 5.91 Å². The van der Waals surface area contributed by atoms with Gasteiger partial charge in [-0.2, -0.15) is 0 Å². The van der Waals surface area contributed by atoms with Crippen LogP contribution in [0.25, 0.3) is 11.0 Å². The van der Waals surface area contributed by atoms with Crippen molar-refractivity contribution in [3.63, 3.8) is 0 Å². The number of H-pyrrole nitrogens is 2. The van der Waals surface area contributed by atoms with Crippen LogP contribution < -0.4 is 16.7 Å². The van der Waals surface area contributed by atoms with Crippen molar-refractivity contribution >= 4 is 39.9 Å². The van der Waals surface area contributed by atoms with E-state index in [1.165, 1.54) is 6.07 Å². The van der Waals surface area contributed by atoms with E-state index < -0.39 is 0 Å². The van der Waals surface area contributed by atoms with Gasteiger partial charge in [-0.1, -0.05) is 11.6 Å². The molecule has 106 valence electrons. The molecule has 1 amide bonds. The smallest absolute Gasteiger partial charge is 0.323 e. The largest absolute Gasteiger partial charge is 0.398 e. The molecular weight excluding hydrogens is 292 g/mol. The van der Waals surface area contributed by atoms with Gasteiger partial charge in [0.15, 0.2) is 0 Å². The average Bonchev–Trinajstić information content (AvgIpc) is 2.77. The number of hydrogen-bond acceptors (Lipinski definition) is 3. The SMILES string of the molecule is Nc1cc(Cl)ccc1C(=O)Nc1ccc2[nH]c(=O)[nH]c2c1. The van der Waals surface area contributed by atoms with E-state index in [0.29, 0.717) is 33.0 Å². The van der Waals surface area contributed by atoms with Crippen LogP contribution in [0.4, 0.5) is 11.4 Å². The molecule has 1 heterocycles. The topological polar surface area (TPSA) is 104 Å². The molecule has 5 N–H and O–H groups in total. The van der Waals surface area contributed by atoms with Crippen LogP contribution in [0.3, 0.4) is 0 Å². The Morgan fingerprint density at radius 2 is 1.86 bits per heavy atom. The molecule has 0 unspecified atom stereocenters. The lowest BCUT2D eigenvalue weighted by atomic mass is 10.1. The summed E-state index contributed by atoms with van der Waals surface area (Å²) in [6, 6.07) is 9.73. The number of rotatable bonds is 2. The van der Waals surface area contributed by atoms with Gasteiger partial charge >= 0.3 is 5.69 Å². The van der Waals surface area contributed by atoms with Gasteiger partial charge in [0.2, 0.25) is 0 Å². The maximum Gasteiger partial charge on any atom is 0.323 e. The summed E-state index contributed by atoms with van der Waals surface area (Å²) in [7, 11) is 0. The minimum Gasteiger partial charge on any atom is -0.398 e. The molecule has 0 aliphatic rings. The van der Waals surface area contributed by atoms with E-state index in [-0.39, 0.29) is 11.6 Å². The number of hydrogen-bond donors (Lipinski definition) is 4. The molecule has 1 aromatic heterocycles. The average molecular weight is 303 g/mol. The van der Waals surface area contributed by atoms with Crippen LogP contribution in [0.1, 0.15) is 10.4 Å². The molecule has 2 aromatic carbocycles. The number of aromatic nitrogens is 2. The van der Waals surface area contributed by atoms with Crippen LogP contribution in [0.5, 0.6) is 0 Å². The van der Waals surface area contributed by atoms with Gasteiger partial charge in [0, 0.05) is 16.4 Å². The third-order valence-corrected chi connectivity index (χ3v) is 3.27. The van der Waals surface area contributed by atoms with Gasteiger partial charge in [0.05, 0.1) is 16.6 Å². The van der Waals surface area contributed by atoms with E-state index in [0.717, 1.165) is 0 Å². The van der Waals surface area contributed by atoms with Crippen LogP contribution >= 0.6 is 11.6 Å². The van der Waals surface area contributed by atoms with Crippen molar-refractivity contribution in [3.8, 4) is 0 Å². The van der Waals surface area contributed by atoms with Gasteiger partial charge in [-0.05, 0) is 36.4 Å². The molecule has 0 saturated carbocycles. The standard InChI is InChI=1S/C14H11ClN4O2/c15-7-1-3-9(10(16)5-7)13(20)17-8-2-4-11-12(6-8)19-14(21)18-11/h1-6H,16H2,(H,17,20)(H2,18,19,21). The minimum absolute atomic E-state index is 0.296. The molecule has 3 aromatic rings. The van der Waals surface area contributed by atoms with Crippen molar-refractivity contribution in [3.05, 3.63) is 57.5 Å². The van der Waals surface area contributed by atoms with Gasteiger partial charge in [-0.3, -0.25) is 4.79 Å². The summed E-state index contributed by atoms with van der Waals surface area (Å²) in [5.74, 6) is -0.346. The van der Waals surface area contributed by atoms with Crippen molar-refractivity contribution in [2.75, 3.05) is 11.1 Å². The zero-order chi connectivity index (χ0) is 15.0. The lowest BCUT2D eigenvalue weighted by Gasteiger charge is -2.08. The van der Waals surface area contributed by atoms with E-state index in [1.54, 1.807) is 30.3 Å². The summed E-state index contributed by atoms with van der Waals surface area (Å²) in [6.07, 6.45) is 0. The van der Waals surface area contributed by atoms with E-state index in [1.807, 2.05) is 0 Å². The first-order chi connectivity index (χ1) is 10.0. The fraction of sp³-hybridized carbons (Fsp3) is 0. The summed E-state index contributed by atoms with van der Waals surface area (Å²) in [6.45, 7) is 0. The summed E-state index contributed by atoms with van der Waals surface area (Å²) < 4.78 is 0. The normalized spacial score (nSPS) is 10.7. The number of fused-ring (bicyclic) bond motifs is 1. The predicted molar refractivity (Wildman–Crippen MR) is 82.7 cm³/mol. The fourth-order valence-electron chi connectivity index (χ4n) is 2.05. The van der Waals surface area contributed by atoms with E-state index in [9.17, 15) is 9.59 Å². The number of nitrogens with two attached hydrogens (primary N) is 1. The molecule has 0 aliphatic heterocycles. The van der Waals surface area contributed by atoms with Crippen LogP contribution in [0, 0.1) is 0 Å². The van der Waals surface area contributed by atoms with Crippen molar-refractivity contribution in [2.45, 2.75) is 0 Å². The summed E-state index contributed by atoms with van der Waals surface area (Å²) in [5.41, 5.74) is 7.95. The Labute approximate surface area is 123 Å². The first-order valence-electron chi connectivity index (χ1n) is 6.11. The second-order valence-electron chi connectivity index (χ2n) is 4.53. The summed E-state index contributed by atoms with van der Waals surface area (Å²) >= 11 is 5.80. The second-order valence-corrected chi connectivity index (χ2v) is 4.96. The van der Waals surface area contributed by atoms with Crippen molar-refractivity contribution in [1.29, 1.82) is 0 Å². The Hall–Kier alpha value is -2.73. The van der Waals surface area contributed by atoms with Crippen molar-refractivity contribution in [1.82, 2.24) is 9.97 Å². The zero-order valence-electron chi connectivity index (χ0n) is 10.7. The molecule has 6 nitrogen and oxygen atoms in total. The molecule has 21 heavy (non-hydrogen) atoms. The van der Waals surface area contributed by atoms with Crippen LogP contribution in [0.15, 0.2) is 41.2 Å². The number of carbonyl (C=O) groups is 1. The third-order valence-electron chi connectivity index (χ3n) is 3.03. The monoisotopic (exact) mass is 302 g/mol. The first kappa shape index (κ1) is 13.3. The predicted octanol–water partition coefficient (Wildman–Crippen LogP) is 2.34. The number of benzene rings is 2. The van der Waals surface area contributed by atoms with Gasteiger partial charge in [0.1, 0.15) is 0 Å².